The Morgan fingerprint density at radius 1 is 1.24 bits per heavy atom. The first-order valence-corrected chi connectivity index (χ1v) is 9.69. The van der Waals surface area contributed by atoms with Gasteiger partial charge < -0.3 is 23.9 Å². The van der Waals surface area contributed by atoms with Crippen molar-refractivity contribution in [3.63, 3.8) is 0 Å². The third-order valence-corrected chi connectivity index (χ3v) is 5.44. The number of aromatic nitrogens is 3. The highest BCUT2D eigenvalue weighted by molar-refractivity contribution is 5.99. The predicted octanol–water partition coefficient (Wildman–Crippen LogP) is 3.05. The standard InChI is InChI=1S/C22H22N4O3/c1-28-16-4-5-20-17(12-16)18(19-11-15-3-2-6-23-22(15)24-19)13-26(20)14-21(27)25-7-9-29-10-8-25/h2-6,11-13H,7-10,14H2,1H3,(H,23,24). The third kappa shape index (κ3) is 3.23. The molecule has 0 atom stereocenters. The van der Waals surface area contributed by atoms with Crippen LogP contribution in [0.2, 0.25) is 0 Å². The maximum absolute atomic E-state index is 12.8. The van der Waals surface area contributed by atoms with Gasteiger partial charge in [-0.2, -0.15) is 0 Å². The summed E-state index contributed by atoms with van der Waals surface area (Å²) >= 11 is 0. The summed E-state index contributed by atoms with van der Waals surface area (Å²) in [5.74, 6) is 0.885. The number of nitrogens with one attached hydrogen (secondary N) is 1. The average Bonchev–Trinajstić information content (AvgIpc) is 3.35. The minimum atomic E-state index is 0.103. The lowest BCUT2D eigenvalue weighted by atomic mass is 10.1. The Hall–Kier alpha value is -3.32. The number of ether oxygens (including phenoxy) is 2. The molecule has 29 heavy (non-hydrogen) atoms. The van der Waals surface area contributed by atoms with Crippen molar-refractivity contribution >= 4 is 27.8 Å². The number of methoxy groups -OCH3 is 1. The molecule has 148 valence electrons. The molecule has 0 radical (unpaired) electrons. The highest BCUT2D eigenvalue weighted by Crippen LogP contribution is 2.34. The van der Waals surface area contributed by atoms with Gasteiger partial charge in [-0.3, -0.25) is 4.79 Å². The highest BCUT2D eigenvalue weighted by Gasteiger charge is 2.20. The zero-order chi connectivity index (χ0) is 19.8. The lowest BCUT2D eigenvalue weighted by Gasteiger charge is -2.27. The van der Waals surface area contributed by atoms with E-state index in [1.54, 1.807) is 13.3 Å². The number of morpholine rings is 1. The number of nitrogens with zero attached hydrogens (tertiary/aromatic N) is 3. The lowest BCUT2D eigenvalue weighted by molar-refractivity contribution is -0.135. The van der Waals surface area contributed by atoms with Crippen LogP contribution in [-0.2, 0) is 16.1 Å². The van der Waals surface area contributed by atoms with Crippen LogP contribution < -0.4 is 4.74 Å². The van der Waals surface area contributed by atoms with Gasteiger partial charge >= 0.3 is 0 Å². The summed E-state index contributed by atoms with van der Waals surface area (Å²) in [6, 6.07) is 12.0. The monoisotopic (exact) mass is 390 g/mol. The molecule has 7 heteroatoms. The normalized spacial score (nSPS) is 14.6. The molecule has 5 rings (SSSR count). The second kappa shape index (κ2) is 7.25. The molecule has 1 fully saturated rings. The molecule has 0 bridgehead atoms. The van der Waals surface area contributed by atoms with Crippen molar-refractivity contribution in [3.8, 4) is 17.0 Å². The van der Waals surface area contributed by atoms with Crippen molar-refractivity contribution in [1.29, 1.82) is 0 Å². The summed E-state index contributed by atoms with van der Waals surface area (Å²) in [5, 5.41) is 2.08. The first-order chi connectivity index (χ1) is 14.2. The van der Waals surface area contributed by atoms with E-state index in [1.165, 1.54) is 0 Å². The molecule has 0 spiro atoms. The van der Waals surface area contributed by atoms with Crippen molar-refractivity contribution in [2.24, 2.45) is 0 Å². The van der Waals surface area contributed by atoms with Crippen LogP contribution in [0.1, 0.15) is 0 Å². The van der Waals surface area contributed by atoms with E-state index in [0.29, 0.717) is 32.8 Å². The largest absolute Gasteiger partial charge is 0.497 e. The number of pyridine rings is 1. The Morgan fingerprint density at radius 3 is 2.90 bits per heavy atom. The molecule has 0 aliphatic carbocycles. The van der Waals surface area contributed by atoms with Gasteiger partial charge in [-0.15, -0.1) is 0 Å². The van der Waals surface area contributed by atoms with Gasteiger partial charge in [0, 0.05) is 53.0 Å². The first kappa shape index (κ1) is 17.8. The molecule has 0 unspecified atom stereocenters. The van der Waals surface area contributed by atoms with Gasteiger partial charge in [0.15, 0.2) is 0 Å². The van der Waals surface area contributed by atoms with Gasteiger partial charge in [-0.05, 0) is 36.4 Å². The van der Waals surface area contributed by atoms with Crippen LogP contribution in [0.4, 0.5) is 0 Å². The van der Waals surface area contributed by atoms with E-state index in [4.69, 9.17) is 9.47 Å². The number of H-pyrrole nitrogens is 1. The minimum Gasteiger partial charge on any atom is -0.497 e. The molecule has 1 aliphatic heterocycles. The summed E-state index contributed by atoms with van der Waals surface area (Å²) < 4.78 is 12.8. The predicted molar refractivity (Wildman–Crippen MR) is 111 cm³/mol. The summed E-state index contributed by atoms with van der Waals surface area (Å²) in [4.78, 5) is 22.5. The number of benzene rings is 1. The third-order valence-electron chi connectivity index (χ3n) is 5.44. The Morgan fingerprint density at radius 2 is 2.10 bits per heavy atom. The molecule has 4 aromatic rings. The van der Waals surface area contributed by atoms with Crippen LogP contribution in [0.5, 0.6) is 5.75 Å². The fraction of sp³-hybridized carbons (Fsp3) is 0.273. The number of hydrogen-bond donors (Lipinski definition) is 1. The van der Waals surface area contributed by atoms with Crippen molar-refractivity contribution in [2.75, 3.05) is 33.4 Å². The first-order valence-electron chi connectivity index (χ1n) is 9.69. The molecular weight excluding hydrogens is 368 g/mol. The molecule has 3 aromatic heterocycles. The summed E-state index contributed by atoms with van der Waals surface area (Å²) in [6.45, 7) is 2.78. The van der Waals surface area contributed by atoms with Crippen LogP contribution in [0.25, 0.3) is 33.2 Å². The summed E-state index contributed by atoms with van der Waals surface area (Å²) in [5.41, 5.74) is 3.82. The van der Waals surface area contributed by atoms with E-state index in [1.807, 2.05) is 46.0 Å². The fourth-order valence-electron chi connectivity index (χ4n) is 3.91. The molecule has 7 nitrogen and oxygen atoms in total. The van der Waals surface area contributed by atoms with Crippen molar-refractivity contribution in [3.05, 3.63) is 48.8 Å². The molecule has 4 heterocycles. The van der Waals surface area contributed by atoms with Crippen molar-refractivity contribution in [2.45, 2.75) is 6.54 Å². The molecule has 0 saturated carbocycles. The smallest absolute Gasteiger partial charge is 0.242 e. The Labute approximate surface area is 167 Å². The van der Waals surface area contributed by atoms with Crippen LogP contribution in [0, 0.1) is 0 Å². The van der Waals surface area contributed by atoms with Crippen LogP contribution in [0.3, 0.4) is 0 Å². The van der Waals surface area contributed by atoms with E-state index in [2.05, 4.69) is 16.0 Å². The molecule has 1 saturated heterocycles. The maximum Gasteiger partial charge on any atom is 0.242 e. The lowest BCUT2D eigenvalue weighted by Crippen LogP contribution is -2.42. The minimum absolute atomic E-state index is 0.103. The molecular formula is C22H22N4O3. The van der Waals surface area contributed by atoms with E-state index >= 15 is 0 Å². The van der Waals surface area contributed by atoms with Crippen LogP contribution >= 0.6 is 0 Å². The number of hydrogen-bond acceptors (Lipinski definition) is 4. The van der Waals surface area contributed by atoms with Crippen molar-refractivity contribution in [1.82, 2.24) is 19.4 Å². The van der Waals surface area contributed by atoms with Gasteiger partial charge in [-0.25, -0.2) is 4.98 Å². The molecule has 1 aliphatic rings. The van der Waals surface area contributed by atoms with E-state index < -0.39 is 0 Å². The number of rotatable bonds is 4. The van der Waals surface area contributed by atoms with Gasteiger partial charge in [-0.1, -0.05) is 0 Å². The van der Waals surface area contributed by atoms with Gasteiger partial charge in [0.2, 0.25) is 5.91 Å². The molecule has 1 amide bonds. The van der Waals surface area contributed by atoms with E-state index in [9.17, 15) is 4.79 Å². The van der Waals surface area contributed by atoms with Crippen molar-refractivity contribution < 1.29 is 14.3 Å². The van der Waals surface area contributed by atoms with E-state index in [0.717, 1.165) is 38.9 Å². The second-order valence-corrected chi connectivity index (χ2v) is 7.17. The number of carbonyl (C=O) groups is 1. The van der Waals surface area contributed by atoms with E-state index in [-0.39, 0.29) is 5.91 Å². The average molecular weight is 390 g/mol. The Bertz CT molecular complexity index is 1150. The number of aromatic amines is 1. The topological polar surface area (TPSA) is 72.4 Å². The van der Waals surface area contributed by atoms with Crippen LogP contribution in [0.15, 0.2) is 48.8 Å². The number of carbonyl (C=O) groups excluding carboxylic acids is 1. The second-order valence-electron chi connectivity index (χ2n) is 7.17. The SMILES string of the molecule is COc1ccc2c(c1)c(-c1cc3cccnc3[nH]1)cn2CC(=O)N1CCOCC1. The summed E-state index contributed by atoms with van der Waals surface area (Å²) in [6.07, 6.45) is 3.81. The fourth-order valence-corrected chi connectivity index (χ4v) is 3.91. The molecule has 1 aromatic carbocycles. The summed E-state index contributed by atoms with van der Waals surface area (Å²) in [7, 11) is 1.66. The quantitative estimate of drug-likeness (QED) is 0.581. The zero-order valence-electron chi connectivity index (χ0n) is 16.2. The number of amides is 1. The Kier molecular flexibility index (Phi) is 4.44. The van der Waals surface area contributed by atoms with Gasteiger partial charge in [0.05, 0.1) is 20.3 Å². The van der Waals surface area contributed by atoms with Gasteiger partial charge in [0.1, 0.15) is 17.9 Å². The highest BCUT2D eigenvalue weighted by atomic mass is 16.5. The van der Waals surface area contributed by atoms with Crippen LogP contribution in [-0.4, -0.2) is 58.8 Å². The van der Waals surface area contributed by atoms with Gasteiger partial charge in [0.25, 0.3) is 0 Å². The zero-order valence-corrected chi connectivity index (χ0v) is 16.2. The number of fused-ring (bicyclic) bond motifs is 2. The maximum atomic E-state index is 12.8. The Balaban J connectivity index is 1.58. The molecule has 1 N–H and O–H groups in total.